The van der Waals surface area contributed by atoms with Crippen LogP contribution in [-0.2, 0) is 19.2 Å². The van der Waals surface area contributed by atoms with Crippen molar-refractivity contribution in [3.63, 3.8) is 0 Å². The molecule has 7 rings (SSSR count). The molecule has 0 bridgehead atoms. The monoisotopic (exact) mass is 599 g/mol. The number of benzene rings is 3. The Morgan fingerprint density at radius 2 is 1.60 bits per heavy atom. The lowest BCUT2D eigenvalue weighted by Crippen LogP contribution is -2.39. The molecule has 4 unspecified atom stereocenters. The number of Topliss-reactive ketones (excluding diaryl/α,β-unsaturated/α-hetero) is 1. The zero-order chi connectivity index (χ0) is 31.6. The number of anilines is 1. The SMILES string of the molecule is COc1ccc(C2C3=CCC4C(=O)N(c5ccc(C(=O)c6ccccc6)cc5)C(=O)C4C3CC3=C2C(=O)C=C(C)C3=O)cc1O. The molecule has 8 heteroatoms. The van der Waals surface area contributed by atoms with Gasteiger partial charge in [-0.2, -0.15) is 0 Å². The van der Waals surface area contributed by atoms with Crippen LogP contribution in [0.4, 0.5) is 5.69 Å². The van der Waals surface area contributed by atoms with Crippen molar-refractivity contribution in [1.82, 2.24) is 0 Å². The third-order valence-corrected chi connectivity index (χ3v) is 9.52. The van der Waals surface area contributed by atoms with Gasteiger partial charge in [-0.25, -0.2) is 0 Å². The summed E-state index contributed by atoms with van der Waals surface area (Å²) in [5.74, 6) is -3.77. The first-order chi connectivity index (χ1) is 21.7. The minimum Gasteiger partial charge on any atom is -0.504 e. The number of ether oxygens (including phenoxy) is 1. The molecule has 0 radical (unpaired) electrons. The van der Waals surface area contributed by atoms with Crippen LogP contribution >= 0.6 is 0 Å². The largest absolute Gasteiger partial charge is 0.504 e. The molecule has 45 heavy (non-hydrogen) atoms. The molecule has 1 N–H and O–H groups in total. The standard InChI is InChI=1S/C37H29NO7/c1-19-16-29(40)33-27(34(19)41)18-26-24(31(33)22-10-15-30(45-2)28(39)17-22)13-14-25-32(26)37(44)38(36(25)43)23-11-8-21(9-12-23)35(42)20-6-4-3-5-7-20/h3-13,15-17,25-26,31-32,39H,14,18H2,1-2H3. The molecule has 3 aromatic rings. The van der Waals surface area contributed by atoms with Crippen LogP contribution < -0.4 is 9.64 Å². The highest BCUT2D eigenvalue weighted by atomic mass is 16.5. The number of aromatic hydroxyl groups is 1. The van der Waals surface area contributed by atoms with E-state index in [4.69, 9.17) is 4.74 Å². The minimum absolute atomic E-state index is 0.109. The number of imide groups is 1. The number of ketones is 3. The van der Waals surface area contributed by atoms with Gasteiger partial charge in [-0.1, -0.05) is 48.0 Å². The van der Waals surface area contributed by atoms with Gasteiger partial charge in [-0.05, 0) is 73.7 Å². The Kier molecular flexibility index (Phi) is 6.73. The van der Waals surface area contributed by atoms with Gasteiger partial charge in [0.15, 0.2) is 28.8 Å². The van der Waals surface area contributed by atoms with E-state index in [1.54, 1.807) is 67.6 Å². The first kappa shape index (κ1) is 28.4. The topological polar surface area (TPSA) is 118 Å². The van der Waals surface area contributed by atoms with Crippen molar-refractivity contribution in [1.29, 1.82) is 0 Å². The summed E-state index contributed by atoms with van der Waals surface area (Å²) in [4.78, 5) is 69.0. The van der Waals surface area contributed by atoms with Crippen molar-refractivity contribution in [3.05, 3.63) is 124 Å². The van der Waals surface area contributed by atoms with Crippen molar-refractivity contribution in [2.45, 2.75) is 25.7 Å². The fraction of sp³-hybridized carbons (Fsp3) is 0.216. The maximum absolute atomic E-state index is 14.2. The fourth-order valence-corrected chi connectivity index (χ4v) is 7.42. The number of carbonyl (C=O) groups is 5. The van der Waals surface area contributed by atoms with Crippen LogP contribution in [0.25, 0.3) is 0 Å². The summed E-state index contributed by atoms with van der Waals surface area (Å²) in [5.41, 5.74) is 3.77. The number of carbonyl (C=O) groups excluding carboxylic acids is 5. The number of allylic oxidation sites excluding steroid dienone is 6. The van der Waals surface area contributed by atoms with Crippen molar-refractivity contribution in [2.75, 3.05) is 12.0 Å². The smallest absolute Gasteiger partial charge is 0.238 e. The highest BCUT2D eigenvalue weighted by Gasteiger charge is 2.56. The average Bonchev–Trinajstić information content (AvgIpc) is 3.32. The van der Waals surface area contributed by atoms with Gasteiger partial charge in [-0.15, -0.1) is 0 Å². The first-order valence-corrected chi connectivity index (χ1v) is 14.8. The zero-order valence-electron chi connectivity index (χ0n) is 24.7. The van der Waals surface area contributed by atoms with Crippen LogP contribution in [0.1, 0.15) is 47.2 Å². The predicted molar refractivity (Wildman–Crippen MR) is 165 cm³/mol. The van der Waals surface area contributed by atoms with Crippen molar-refractivity contribution < 1.29 is 33.8 Å². The number of phenolic OH excluding ortho intramolecular Hbond substituents is 1. The van der Waals surface area contributed by atoms with Crippen LogP contribution in [0.15, 0.2) is 107 Å². The molecular weight excluding hydrogens is 570 g/mol. The summed E-state index contributed by atoms with van der Waals surface area (Å²) >= 11 is 0. The second-order valence-electron chi connectivity index (χ2n) is 11.9. The lowest BCUT2D eigenvalue weighted by molar-refractivity contribution is -0.123. The average molecular weight is 600 g/mol. The molecule has 2 amide bonds. The summed E-state index contributed by atoms with van der Waals surface area (Å²) < 4.78 is 5.22. The van der Waals surface area contributed by atoms with Crippen molar-refractivity contribution in [3.8, 4) is 11.5 Å². The van der Waals surface area contributed by atoms with Crippen molar-refractivity contribution in [2.24, 2.45) is 17.8 Å². The Morgan fingerprint density at radius 3 is 2.29 bits per heavy atom. The third-order valence-electron chi connectivity index (χ3n) is 9.52. The van der Waals surface area contributed by atoms with Crippen molar-refractivity contribution >= 4 is 34.9 Å². The highest BCUT2D eigenvalue weighted by Crippen LogP contribution is 2.55. The molecule has 0 spiro atoms. The van der Waals surface area contributed by atoms with E-state index in [0.717, 1.165) is 5.57 Å². The molecule has 1 heterocycles. The number of phenols is 1. The number of methoxy groups -OCH3 is 1. The molecule has 1 saturated heterocycles. The summed E-state index contributed by atoms with van der Waals surface area (Å²) in [5, 5.41) is 10.6. The molecule has 8 nitrogen and oxygen atoms in total. The number of fused-ring (bicyclic) bond motifs is 3. The van der Waals surface area contributed by atoms with Crippen LogP contribution in [0.3, 0.4) is 0 Å². The van der Waals surface area contributed by atoms with Gasteiger partial charge >= 0.3 is 0 Å². The Bertz CT molecular complexity index is 1920. The van der Waals surface area contributed by atoms with E-state index < -0.39 is 23.7 Å². The lowest BCUT2D eigenvalue weighted by atomic mass is 9.59. The molecule has 0 saturated carbocycles. The number of nitrogens with zero attached hydrogens (tertiary/aromatic N) is 1. The molecule has 3 aromatic carbocycles. The molecule has 4 aliphatic rings. The van der Waals surface area contributed by atoms with E-state index in [-0.39, 0.29) is 47.1 Å². The van der Waals surface area contributed by atoms with E-state index in [1.165, 1.54) is 24.2 Å². The van der Waals surface area contributed by atoms with Crippen LogP contribution in [0.5, 0.6) is 11.5 Å². The Labute approximate surface area is 259 Å². The van der Waals surface area contributed by atoms with Gasteiger partial charge < -0.3 is 9.84 Å². The van der Waals surface area contributed by atoms with E-state index in [0.29, 0.717) is 45.5 Å². The molecule has 0 aromatic heterocycles. The lowest BCUT2D eigenvalue weighted by Gasteiger charge is -2.42. The van der Waals surface area contributed by atoms with Gasteiger partial charge in [0.2, 0.25) is 11.8 Å². The maximum atomic E-state index is 14.2. The summed E-state index contributed by atoms with van der Waals surface area (Å²) in [7, 11) is 1.44. The Balaban J connectivity index is 1.26. The van der Waals surface area contributed by atoms with Gasteiger partial charge in [0.05, 0.1) is 24.6 Å². The molecule has 1 fully saturated rings. The zero-order valence-corrected chi connectivity index (χ0v) is 24.7. The number of hydrogen-bond acceptors (Lipinski definition) is 7. The summed E-state index contributed by atoms with van der Waals surface area (Å²) in [6.07, 6.45) is 3.73. The van der Waals surface area contributed by atoms with E-state index in [9.17, 15) is 29.1 Å². The van der Waals surface area contributed by atoms with Gasteiger partial charge in [0, 0.05) is 33.8 Å². The quantitative estimate of drug-likeness (QED) is 0.184. The van der Waals surface area contributed by atoms with Crippen LogP contribution in [0, 0.1) is 17.8 Å². The van der Waals surface area contributed by atoms with Gasteiger partial charge in [0.25, 0.3) is 0 Å². The van der Waals surface area contributed by atoms with Gasteiger partial charge in [-0.3, -0.25) is 28.9 Å². The molecule has 1 aliphatic heterocycles. The van der Waals surface area contributed by atoms with E-state index in [2.05, 4.69) is 0 Å². The Morgan fingerprint density at radius 1 is 0.889 bits per heavy atom. The fourth-order valence-electron chi connectivity index (χ4n) is 7.42. The second-order valence-corrected chi connectivity index (χ2v) is 11.9. The molecule has 4 atom stereocenters. The molecule has 3 aliphatic carbocycles. The van der Waals surface area contributed by atoms with E-state index in [1.807, 2.05) is 12.1 Å². The number of amides is 2. The van der Waals surface area contributed by atoms with Gasteiger partial charge in [0.1, 0.15) is 0 Å². The highest BCUT2D eigenvalue weighted by molar-refractivity contribution is 6.25. The Hall–Kier alpha value is -5.37. The number of rotatable bonds is 5. The molecule has 224 valence electrons. The normalized spacial score (nSPS) is 24.1. The summed E-state index contributed by atoms with van der Waals surface area (Å²) in [6.45, 7) is 1.60. The maximum Gasteiger partial charge on any atom is 0.238 e. The third kappa shape index (κ3) is 4.39. The van der Waals surface area contributed by atoms with Crippen LogP contribution in [-0.4, -0.2) is 41.4 Å². The predicted octanol–water partition coefficient (Wildman–Crippen LogP) is 5.27. The van der Waals surface area contributed by atoms with Crippen LogP contribution in [0.2, 0.25) is 0 Å². The minimum atomic E-state index is -0.736. The first-order valence-electron chi connectivity index (χ1n) is 14.8. The summed E-state index contributed by atoms with van der Waals surface area (Å²) in [6, 6.07) is 20.2. The number of hydrogen-bond donors (Lipinski definition) is 1. The second kappa shape index (κ2) is 10.7. The van der Waals surface area contributed by atoms with E-state index >= 15 is 0 Å². The molecular formula is C37H29NO7.